The zero-order valence-corrected chi connectivity index (χ0v) is 21.2. The molecule has 1 fully saturated rings. The number of amides is 1. The second kappa shape index (κ2) is 9.90. The highest BCUT2D eigenvalue weighted by atomic mass is 32.1. The lowest BCUT2D eigenvalue weighted by molar-refractivity contribution is 0.0952. The summed E-state index contributed by atoms with van der Waals surface area (Å²) >= 11 is 1.77. The summed E-state index contributed by atoms with van der Waals surface area (Å²) in [6.07, 6.45) is 0. The summed E-state index contributed by atoms with van der Waals surface area (Å²) in [6, 6.07) is 12.0. The van der Waals surface area contributed by atoms with Gasteiger partial charge < -0.3 is 15.1 Å². The average Bonchev–Trinajstić information content (AvgIpc) is 3.46. The third kappa shape index (κ3) is 5.01. The van der Waals surface area contributed by atoms with Gasteiger partial charge >= 0.3 is 5.69 Å². The Kier molecular flexibility index (Phi) is 6.70. The predicted octanol–water partition coefficient (Wildman–Crippen LogP) is 1.94. The summed E-state index contributed by atoms with van der Waals surface area (Å²) in [4.78, 5) is 34.9. The van der Waals surface area contributed by atoms with E-state index in [2.05, 4.69) is 44.5 Å². The Morgan fingerprint density at radius 1 is 1.14 bits per heavy atom. The van der Waals surface area contributed by atoms with Crippen molar-refractivity contribution < 1.29 is 4.79 Å². The number of nitrogens with zero attached hydrogens (tertiary/aromatic N) is 5. The van der Waals surface area contributed by atoms with Gasteiger partial charge in [0.15, 0.2) is 5.65 Å². The van der Waals surface area contributed by atoms with Crippen LogP contribution >= 0.6 is 11.3 Å². The molecule has 1 aliphatic heterocycles. The van der Waals surface area contributed by atoms with E-state index in [4.69, 9.17) is 0 Å². The van der Waals surface area contributed by atoms with Crippen LogP contribution in [-0.2, 0) is 6.54 Å². The number of nitrogens with one attached hydrogen (secondary N) is 2. The SMILES string of the molecule is CN(C)CCNC(=O)c1cc2n[nH]c(=O)n2c2cc(-c3ccc(CN4CCN(C)CC4)s3)ccc12. The van der Waals surface area contributed by atoms with E-state index in [1.54, 1.807) is 17.4 Å². The van der Waals surface area contributed by atoms with Crippen LogP contribution < -0.4 is 11.0 Å². The molecule has 1 aromatic carbocycles. The lowest BCUT2D eigenvalue weighted by atomic mass is 10.0. The zero-order chi connectivity index (χ0) is 24.5. The van der Waals surface area contributed by atoms with Gasteiger partial charge in [-0.05, 0) is 51.0 Å². The number of fused-ring (bicyclic) bond motifs is 3. The molecule has 0 spiro atoms. The molecule has 4 aromatic rings. The van der Waals surface area contributed by atoms with Crippen LogP contribution in [0.4, 0.5) is 0 Å². The highest BCUT2D eigenvalue weighted by Crippen LogP contribution is 2.32. The summed E-state index contributed by atoms with van der Waals surface area (Å²) in [6.45, 7) is 6.60. The number of rotatable bonds is 7. The van der Waals surface area contributed by atoms with Crippen LogP contribution in [0.2, 0.25) is 0 Å². The Hall–Kier alpha value is -3.05. The quantitative estimate of drug-likeness (QED) is 0.409. The molecule has 4 heterocycles. The molecule has 2 N–H and O–H groups in total. The van der Waals surface area contributed by atoms with Crippen molar-refractivity contribution in [3.05, 3.63) is 57.3 Å². The third-order valence-electron chi connectivity index (χ3n) is 6.51. The van der Waals surface area contributed by atoms with E-state index >= 15 is 0 Å². The molecule has 9 nitrogen and oxygen atoms in total. The maximum absolute atomic E-state index is 13.0. The number of hydrogen-bond acceptors (Lipinski definition) is 7. The fraction of sp³-hybridized carbons (Fsp3) is 0.400. The van der Waals surface area contributed by atoms with Gasteiger partial charge in [0, 0.05) is 61.0 Å². The number of carbonyl (C=O) groups is 1. The van der Waals surface area contributed by atoms with Crippen LogP contribution in [0.5, 0.6) is 0 Å². The van der Waals surface area contributed by atoms with E-state index in [0.29, 0.717) is 23.3 Å². The highest BCUT2D eigenvalue weighted by molar-refractivity contribution is 7.15. The first-order chi connectivity index (χ1) is 16.9. The lowest BCUT2D eigenvalue weighted by Gasteiger charge is -2.31. The minimum Gasteiger partial charge on any atom is -0.351 e. The van der Waals surface area contributed by atoms with Gasteiger partial charge in [-0.1, -0.05) is 12.1 Å². The van der Waals surface area contributed by atoms with Crippen molar-refractivity contribution in [3.8, 4) is 10.4 Å². The molecule has 3 aromatic heterocycles. The molecule has 0 bridgehead atoms. The smallest absolute Gasteiger partial charge is 0.348 e. The van der Waals surface area contributed by atoms with Gasteiger partial charge in [-0.2, -0.15) is 5.10 Å². The van der Waals surface area contributed by atoms with Gasteiger partial charge in [0.25, 0.3) is 5.91 Å². The summed E-state index contributed by atoms with van der Waals surface area (Å²) in [5.41, 5.74) is 2.32. The topological polar surface area (TPSA) is 89.0 Å². The Balaban J connectivity index is 1.47. The molecule has 0 aliphatic carbocycles. The number of H-pyrrole nitrogens is 1. The Labute approximate surface area is 207 Å². The van der Waals surface area contributed by atoms with E-state index in [1.165, 1.54) is 9.28 Å². The predicted molar refractivity (Wildman–Crippen MR) is 140 cm³/mol. The summed E-state index contributed by atoms with van der Waals surface area (Å²) in [5.74, 6) is -0.173. The molecular formula is C25H31N7O2S. The van der Waals surface area contributed by atoms with Gasteiger partial charge in [0.1, 0.15) is 0 Å². The second-order valence-electron chi connectivity index (χ2n) is 9.42. The molecule has 1 amide bonds. The molecule has 1 aliphatic rings. The molecule has 0 radical (unpaired) electrons. The Morgan fingerprint density at radius 2 is 1.94 bits per heavy atom. The molecule has 35 heavy (non-hydrogen) atoms. The molecule has 1 saturated heterocycles. The number of carbonyl (C=O) groups excluding carboxylic acids is 1. The number of piperazine rings is 1. The minimum atomic E-state index is -0.316. The highest BCUT2D eigenvalue weighted by Gasteiger charge is 2.18. The van der Waals surface area contributed by atoms with Crippen molar-refractivity contribution in [2.24, 2.45) is 0 Å². The molecule has 0 unspecified atom stereocenters. The average molecular weight is 494 g/mol. The number of likely N-dealkylation sites (N-methyl/N-ethyl adjacent to an activating group) is 2. The number of pyridine rings is 1. The summed E-state index contributed by atoms with van der Waals surface area (Å²) in [7, 11) is 6.10. The zero-order valence-electron chi connectivity index (χ0n) is 20.4. The lowest BCUT2D eigenvalue weighted by Crippen LogP contribution is -2.43. The van der Waals surface area contributed by atoms with Gasteiger partial charge in [0.2, 0.25) is 0 Å². The largest absolute Gasteiger partial charge is 0.351 e. The number of thiophene rings is 1. The van der Waals surface area contributed by atoms with Gasteiger partial charge in [0.05, 0.1) is 11.1 Å². The fourth-order valence-electron chi connectivity index (χ4n) is 4.46. The van der Waals surface area contributed by atoms with Crippen LogP contribution in [0.1, 0.15) is 15.2 Å². The van der Waals surface area contributed by atoms with E-state index in [1.807, 2.05) is 37.2 Å². The maximum Gasteiger partial charge on any atom is 0.348 e. The Bertz CT molecular complexity index is 1410. The first-order valence-corrected chi connectivity index (χ1v) is 12.7. The molecule has 0 atom stereocenters. The first-order valence-electron chi connectivity index (χ1n) is 11.9. The van der Waals surface area contributed by atoms with Crippen LogP contribution in [0.15, 0.2) is 41.2 Å². The summed E-state index contributed by atoms with van der Waals surface area (Å²) in [5, 5.41) is 10.3. The van der Waals surface area contributed by atoms with Crippen LogP contribution in [0, 0.1) is 0 Å². The monoisotopic (exact) mass is 493 g/mol. The van der Waals surface area contributed by atoms with E-state index in [-0.39, 0.29) is 11.6 Å². The number of hydrogen-bond donors (Lipinski definition) is 2. The van der Waals surface area contributed by atoms with Crippen molar-refractivity contribution in [1.82, 2.24) is 34.6 Å². The maximum atomic E-state index is 13.0. The standard InChI is InChI=1S/C25H31N7O2S/c1-29(2)9-8-26-24(33)20-15-23-27-28-25(34)32(23)21-14-17(4-6-19(20)21)22-7-5-18(35-22)16-31-12-10-30(3)11-13-31/h4-7,14-15H,8-13,16H2,1-3H3,(H,26,33)(H,28,34). The minimum absolute atomic E-state index is 0.173. The van der Waals surface area contributed by atoms with Crippen molar-refractivity contribution in [2.75, 3.05) is 60.4 Å². The molecule has 184 valence electrons. The van der Waals surface area contributed by atoms with Crippen LogP contribution in [0.3, 0.4) is 0 Å². The van der Waals surface area contributed by atoms with Crippen molar-refractivity contribution in [3.63, 3.8) is 0 Å². The van der Waals surface area contributed by atoms with Gasteiger partial charge in [-0.15, -0.1) is 11.3 Å². The molecule has 0 saturated carbocycles. The van der Waals surface area contributed by atoms with Crippen LogP contribution in [-0.4, -0.2) is 95.6 Å². The molecule has 5 rings (SSSR count). The number of aromatic amines is 1. The first kappa shape index (κ1) is 23.7. The van der Waals surface area contributed by atoms with Crippen molar-refractivity contribution in [1.29, 1.82) is 0 Å². The number of aromatic nitrogens is 3. The summed E-state index contributed by atoms with van der Waals surface area (Å²) < 4.78 is 1.54. The molecule has 10 heteroatoms. The van der Waals surface area contributed by atoms with Crippen LogP contribution in [0.25, 0.3) is 27.0 Å². The van der Waals surface area contributed by atoms with Crippen molar-refractivity contribution >= 4 is 33.8 Å². The van der Waals surface area contributed by atoms with Gasteiger partial charge in [-0.25, -0.2) is 14.3 Å². The third-order valence-corrected chi connectivity index (χ3v) is 7.63. The fourth-order valence-corrected chi connectivity index (χ4v) is 5.51. The van der Waals surface area contributed by atoms with Gasteiger partial charge in [-0.3, -0.25) is 9.69 Å². The van der Waals surface area contributed by atoms with Crippen molar-refractivity contribution in [2.45, 2.75) is 6.54 Å². The van der Waals surface area contributed by atoms with E-state index in [9.17, 15) is 9.59 Å². The normalized spacial score (nSPS) is 15.4. The van der Waals surface area contributed by atoms with E-state index < -0.39 is 0 Å². The second-order valence-corrected chi connectivity index (χ2v) is 10.6. The Morgan fingerprint density at radius 3 is 2.71 bits per heavy atom. The molecular weight excluding hydrogens is 462 g/mol. The van der Waals surface area contributed by atoms with E-state index in [0.717, 1.165) is 55.1 Å². The number of benzene rings is 1.